The largest absolute Gasteiger partial charge is 0.494 e. The molecule has 7 heteroatoms. The summed E-state index contributed by atoms with van der Waals surface area (Å²) in [6.07, 6.45) is 1.53. The Balaban J connectivity index is 1.68. The molecule has 1 aromatic heterocycles. The lowest BCUT2D eigenvalue weighted by Crippen LogP contribution is -2.17. The SMILES string of the molecule is CCCCOc1nnc2c(n1)OC(c1ccc(OCC)cc1)Nc1ccccc1-2. The maximum absolute atomic E-state index is 6.23. The highest BCUT2D eigenvalue weighted by atomic mass is 16.5. The van der Waals surface area contributed by atoms with E-state index in [0.717, 1.165) is 35.4 Å². The van der Waals surface area contributed by atoms with E-state index >= 15 is 0 Å². The molecule has 7 nitrogen and oxygen atoms in total. The minimum absolute atomic E-state index is 0.224. The fraction of sp³-hybridized carbons (Fsp3) is 0.318. The lowest BCUT2D eigenvalue weighted by molar-refractivity contribution is 0.217. The predicted octanol–water partition coefficient (Wildman–Crippen LogP) is 4.62. The molecular formula is C22H24N4O3. The summed E-state index contributed by atoms with van der Waals surface area (Å²) in [6.45, 7) is 5.24. The molecule has 4 rings (SSSR count). The van der Waals surface area contributed by atoms with Crippen LogP contribution in [-0.2, 0) is 0 Å². The summed E-state index contributed by atoms with van der Waals surface area (Å²) in [5.41, 5.74) is 3.32. The third-order valence-corrected chi connectivity index (χ3v) is 4.56. The monoisotopic (exact) mass is 392 g/mol. The van der Waals surface area contributed by atoms with Crippen molar-refractivity contribution < 1.29 is 14.2 Å². The van der Waals surface area contributed by atoms with Crippen LogP contribution in [0.25, 0.3) is 11.3 Å². The van der Waals surface area contributed by atoms with Gasteiger partial charge in [0.05, 0.1) is 13.2 Å². The van der Waals surface area contributed by atoms with Gasteiger partial charge in [0.25, 0.3) is 0 Å². The zero-order valence-corrected chi connectivity index (χ0v) is 16.6. The molecule has 1 aliphatic heterocycles. The quantitative estimate of drug-likeness (QED) is 0.588. The second kappa shape index (κ2) is 8.77. The van der Waals surface area contributed by atoms with E-state index in [1.807, 2.05) is 55.5 Å². The van der Waals surface area contributed by atoms with Crippen LogP contribution in [-0.4, -0.2) is 28.4 Å². The Morgan fingerprint density at radius 3 is 2.62 bits per heavy atom. The maximum Gasteiger partial charge on any atom is 0.339 e. The first kappa shape index (κ1) is 19.0. The fourth-order valence-corrected chi connectivity index (χ4v) is 3.07. The van der Waals surface area contributed by atoms with Crippen molar-refractivity contribution in [2.75, 3.05) is 18.5 Å². The van der Waals surface area contributed by atoms with Crippen LogP contribution in [0.2, 0.25) is 0 Å². The smallest absolute Gasteiger partial charge is 0.339 e. The Labute approximate surface area is 170 Å². The molecule has 1 atom stereocenters. The number of fused-ring (bicyclic) bond motifs is 3. The molecular weight excluding hydrogens is 368 g/mol. The van der Waals surface area contributed by atoms with E-state index in [4.69, 9.17) is 14.2 Å². The van der Waals surface area contributed by atoms with E-state index in [2.05, 4.69) is 27.4 Å². The first-order valence-corrected chi connectivity index (χ1v) is 9.91. The molecule has 1 N–H and O–H groups in total. The van der Waals surface area contributed by atoms with Gasteiger partial charge in [-0.05, 0) is 43.7 Å². The number of ether oxygens (including phenoxy) is 3. The summed E-state index contributed by atoms with van der Waals surface area (Å²) in [6, 6.07) is 15.9. The molecule has 0 saturated heterocycles. The molecule has 150 valence electrons. The van der Waals surface area contributed by atoms with Gasteiger partial charge in [-0.2, -0.15) is 4.98 Å². The molecule has 2 heterocycles. The molecule has 0 bridgehead atoms. The van der Waals surface area contributed by atoms with Gasteiger partial charge in [-0.3, -0.25) is 0 Å². The third kappa shape index (κ3) is 4.23. The lowest BCUT2D eigenvalue weighted by Gasteiger charge is -2.19. The second-order valence-electron chi connectivity index (χ2n) is 6.64. The van der Waals surface area contributed by atoms with Gasteiger partial charge in [-0.15, -0.1) is 5.10 Å². The predicted molar refractivity (Wildman–Crippen MR) is 110 cm³/mol. The van der Waals surface area contributed by atoms with Crippen LogP contribution >= 0.6 is 0 Å². The van der Waals surface area contributed by atoms with Crippen LogP contribution in [0.1, 0.15) is 38.5 Å². The molecule has 0 amide bonds. The van der Waals surface area contributed by atoms with E-state index in [0.29, 0.717) is 24.8 Å². The zero-order chi connectivity index (χ0) is 20.1. The van der Waals surface area contributed by atoms with Crippen molar-refractivity contribution in [3.05, 3.63) is 54.1 Å². The summed E-state index contributed by atoms with van der Waals surface area (Å²) in [7, 11) is 0. The van der Waals surface area contributed by atoms with Gasteiger partial charge in [0.15, 0.2) is 11.9 Å². The van der Waals surface area contributed by atoms with E-state index in [1.165, 1.54) is 0 Å². The first-order chi connectivity index (χ1) is 14.3. The van der Waals surface area contributed by atoms with Crippen molar-refractivity contribution in [3.8, 4) is 28.9 Å². The average Bonchev–Trinajstić information content (AvgIpc) is 2.91. The Morgan fingerprint density at radius 1 is 1.00 bits per heavy atom. The molecule has 3 aromatic rings. The molecule has 1 unspecified atom stereocenters. The van der Waals surface area contributed by atoms with Crippen LogP contribution in [0.5, 0.6) is 17.6 Å². The topological polar surface area (TPSA) is 78.4 Å². The number of hydrogen-bond donors (Lipinski definition) is 1. The van der Waals surface area contributed by atoms with Crippen molar-refractivity contribution in [2.24, 2.45) is 0 Å². The average molecular weight is 392 g/mol. The highest BCUT2D eigenvalue weighted by molar-refractivity contribution is 5.79. The summed E-state index contributed by atoms with van der Waals surface area (Å²) in [5.74, 6) is 1.21. The molecule has 2 aromatic carbocycles. The van der Waals surface area contributed by atoms with Crippen molar-refractivity contribution in [2.45, 2.75) is 32.9 Å². The van der Waals surface area contributed by atoms with Crippen molar-refractivity contribution >= 4 is 5.69 Å². The van der Waals surface area contributed by atoms with Crippen molar-refractivity contribution in [1.29, 1.82) is 0 Å². The summed E-state index contributed by atoms with van der Waals surface area (Å²) in [4.78, 5) is 4.48. The molecule has 1 aliphatic rings. The third-order valence-electron chi connectivity index (χ3n) is 4.56. The number of anilines is 1. The van der Waals surface area contributed by atoms with Crippen LogP contribution < -0.4 is 19.5 Å². The van der Waals surface area contributed by atoms with Crippen LogP contribution in [0.3, 0.4) is 0 Å². The maximum atomic E-state index is 6.23. The van der Waals surface area contributed by atoms with Gasteiger partial charge in [0, 0.05) is 16.8 Å². The standard InChI is InChI=1S/C22H24N4O3/c1-3-5-14-28-22-24-21-19(25-26-22)17-8-6-7-9-18(17)23-20(29-21)15-10-12-16(13-11-15)27-4-2/h6-13,20,23H,3-5,14H2,1-2H3. The Hall–Kier alpha value is -3.35. The number of rotatable bonds is 7. The fourth-order valence-electron chi connectivity index (χ4n) is 3.07. The molecule has 29 heavy (non-hydrogen) atoms. The normalized spacial score (nSPS) is 14.6. The zero-order valence-electron chi connectivity index (χ0n) is 16.6. The van der Waals surface area contributed by atoms with E-state index in [-0.39, 0.29) is 6.01 Å². The highest BCUT2D eigenvalue weighted by Gasteiger charge is 2.26. The summed E-state index contributed by atoms with van der Waals surface area (Å²) in [5, 5.41) is 11.9. The van der Waals surface area contributed by atoms with E-state index in [1.54, 1.807) is 0 Å². The first-order valence-electron chi connectivity index (χ1n) is 9.91. The van der Waals surface area contributed by atoms with Gasteiger partial charge in [0.2, 0.25) is 5.88 Å². The Bertz CT molecular complexity index is 963. The lowest BCUT2D eigenvalue weighted by atomic mass is 10.1. The number of aromatic nitrogens is 3. The number of nitrogens with zero attached hydrogens (tertiary/aromatic N) is 3. The van der Waals surface area contributed by atoms with E-state index in [9.17, 15) is 0 Å². The Kier molecular flexibility index (Phi) is 5.74. The van der Waals surface area contributed by atoms with Gasteiger partial charge in [-0.25, -0.2) is 0 Å². The number of para-hydroxylation sites is 1. The molecule has 0 saturated carbocycles. The second-order valence-corrected chi connectivity index (χ2v) is 6.64. The van der Waals surface area contributed by atoms with Crippen molar-refractivity contribution in [1.82, 2.24) is 15.2 Å². The molecule has 0 fully saturated rings. The van der Waals surface area contributed by atoms with Gasteiger partial charge in [0.1, 0.15) is 5.75 Å². The van der Waals surface area contributed by atoms with Gasteiger partial charge in [-0.1, -0.05) is 36.6 Å². The van der Waals surface area contributed by atoms with Gasteiger partial charge >= 0.3 is 6.01 Å². The van der Waals surface area contributed by atoms with Crippen LogP contribution in [0.4, 0.5) is 5.69 Å². The number of benzene rings is 2. The van der Waals surface area contributed by atoms with Crippen LogP contribution in [0, 0.1) is 0 Å². The van der Waals surface area contributed by atoms with Crippen molar-refractivity contribution in [3.63, 3.8) is 0 Å². The summed E-state index contributed by atoms with van der Waals surface area (Å²) >= 11 is 0. The summed E-state index contributed by atoms with van der Waals surface area (Å²) < 4.78 is 17.4. The molecule has 0 radical (unpaired) electrons. The number of hydrogen-bond acceptors (Lipinski definition) is 7. The van der Waals surface area contributed by atoms with Crippen LogP contribution in [0.15, 0.2) is 48.5 Å². The minimum atomic E-state index is -0.437. The Morgan fingerprint density at radius 2 is 1.83 bits per heavy atom. The minimum Gasteiger partial charge on any atom is -0.494 e. The molecule has 0 aliphatic carbocycles. The number of unbranched alkanes of at least 4 members (excludes halogenated alkanes) is 1. The number of nitrogens with one attached hydrogen (secondary N) is 1. The van der Waals surface area contributed by atoms with E-state index < -0.39 is 6.23 Å². The molecule has 0 spiro atoms. The van der Waals surface area contributed by atoms with Gasteiger partial charge < -0.3 is 19.5 Å². The highest BCUT2D eigenvalue weighted by Crippen LogP contribution is 2.39.